The molecule has 10 heteroatoms. The lowest BCUT2D eigenvalue weighted by atomic mass is 10.2. The maximum Gasteiger partial charge on any atom is 0.202 e. The monoisotopic (exact) mass is 445 g/mol. The molecule has 3 aromatic rings. The number of hydrogen-bond acceptors (Lipinski definition) is 6. The maximum atomic E-state index is 13.4. The number of H-pyrrole nitrogens is 1. The smallest absolute Gasteiger partial charge is 0.202 e. The Hall–Kier alpha value is -2.75. The van der Waals surface area contributed by atoms with Gasteiger partial charge in [0, 0.05) is 30.9 Å². The van der Waals surface area contributed by atoms with Crippen LogP contribution in [0.1, 0.15) is 31.7 Å². The highest BCUT2D eigenvalue weighted by molar-refractivity contribution is 6.31. The number of hydroxylamine groups is 1. The molecule has 0 saturated heterocycles. The van der Waals surface area contributed by atoms with Gasteiger partial charge in [-0.1, -0.05) is 18.5 Å². The predicted octanol–water partition coefficient (Wildman–Crippen LogP) is 4.26. The summed E-state index contributed by atoms with van der Waals surface area (Å²) < 4.78 is 13.4. The van der Waals surface area contributed by atoms with Crippen LogP contribution in [0, 0.1) is 11.2 Å². The molecule has 0 radical (unpaired) electrons. The summed E-state index contributed by atoms with van der Waals surface area (Å²) in [5, 5.41) is 22.7. The van der Waals surface area contributed by atoms with E-state index in [1.165, 1.54) is 31.2 Å². The average Bonchev–Trinajstić information content (AvgIpc) is 3.52. The molecule has 164 valence electrons. The molecule has 2 aromatic heterocycles. The molecule has 0 unspecified atom stereocenters. The normalized spacial score (nSPS) is 13.7. The molecule has 1 aliphatic rings. The number of nitrogens with zero attached hydrogens (tertiary/aromatic N) is 4. The molecule has 0 bridgehead atoms. The van der Waals surface area contributed by atoms with Crippen molar-refractivity contribution in [3.8, 4) is 0 Å². The molecule has 31 heavy (non-hydrogen) atoms. The fourth-order valence-electron chi connectivity index (χ4n) is 3.58. The number of pyridine rings is 1. The quantitative estimate of drug-likeness (QED) is 0.170. The minimum atomic E-state index is -0.597. The van der Waals surface area contributed by atoms with Crippen molar-refractivity contribution in [1.29, 1.82) is 5.41 Å². The topological polar surface area (TPSA) is 104 Å². The fourth-order valence-corrected chi connectivity index (χ4v) is 3.75. The van der Waals surface area contributed by atoms with Gasteiger partial charge in [-0.3, -0.25) is 10.6 Å². The Labute approximate surface area is 184 Å². The van der Waals surface area contributed by atoms with E-state index in [-0.39, 0.29) is 16.5 Å². The average molecular weight is 446 g/mol. The lowest BCUT2D eigenvalue weighted by Gasteiger charge is -2.19. The van der Waals surface area contributed by atoms with E-state index in [1.807, 2.05) is 0 Å². The number of aromatic nitrogens is 3. The summed E-state index contributed by atoms with van der Waals surface area (Å²) in [5.41, 5.74) is 1.54. The van der Waals surface area contributed by atoms with Gasteiger partial charge in [-0.2, -0.15) is 4.98 Å². The van der Waals surface area contributed by atoms with Crippen LogP contribution in [0.25, 0.3) is 11.2 Å². The number of hydrogen-bond donors (Lipinski definition) is 4. The number of nitrogens with one attached hydrogen (secondary N) is 3. The summed E-state index contributed by atoms with van der Waals surface area (Å²) in [4.78, 5) is 14.3. The summed E-state index contributed by atoms with van der Waals surface area (Å²) in [6, 6.07) is 6.10. The number of imidazole rings is 1. The second-order valence-electron chi connectivity index (χ2n) is 7.54. The van der Waals surface area contributed by atoms with Gasteiger partial charge in [0.05, 0.1) is 16.2 Å². The van der Waals surface area contributed by atoms with Crippen LogP contribution < -0.4 is 10.4 Å². The van der Waals surface area contributed by atoms with Crippen molar-refractivity contribution in [2.75, 3.05) is 30.0 Å². The first-order valence-electron chi connectivity index (χ1n) is 10.3. The van der Waals surface area contributed by atoms with Crippen molar-refractivity contribution in [2.45, 2.75) is 32.2 Å². The lowest BCUT2D eigenvalue weighted by Crippen LogP contribution is -2.28. The van der Waals surface area contributed by atoms with Gasteiger partial charge < -0.3 is 15.2 Å². The van der Waals surface area contributed by atoms with Gasteiger partial charge in [0.25, 0.3) is 0 Å². The summed E-state index contributed by atoms with van der Waals surface area (Å²) >= 11 is 5.80. The van der Waals surface area contributed by atoms with Crippen molar-refractivity contribution < 1.29 is 9.60 Å². The van der Waals surface area contributed by atoms with E-state index in [4.69, 9.17) is 17.0 Å². The van der Waals surface area contributed by atoms with Crippen LogP contribution in [-0.2, 0) is 0 Å². The van der Waals surface area contributed by atoms with Crippen molar-refractivity contribution in [3.05, 3.63) is 46.9 Å². The Kier molecular flexibility index (Phi) is 6.35. The zero-order valence-corrected chi connectivity index (χ0v) is 18.0. The molecule has 0 atom stereocenters. The van der Waals surface area contributed by atoms with Crippen LogP contribution in [0.5, 0.6) is 0 Å². The van der Waals surface area contributed by atoms with Gasteiger partial charge in [-0.15, -0.1) is 0 Å². The van der Waals surface area contributed by atoms with Crippen LogP contribution in [0.3, 0.4) is 0 Å². The van der Waals surface area contributed by atoms with Gasteiger partial charge in [-0.25, -0.2) is 14.4 Å². The van der Waals surface area contributed by atoms with Gasteiger partial charge in [0.1, 0.15) is 5.82 Å². The minimum Gasteiger partial charge on any atom is -0.356 e. The number of anilines is 2. The van der Waals surface area contributed by atoms with Crippen LogP contribution in [0.4, 0.5) is 16.0 Å². The first-order valence-corrected chi connectivity index (χ1v) is 10.7. The number of amidine groups is 1. The number of rotatable bonds is 9. The van der Waals surface area contributed by atoms with E-state index in [0.717, 1.165) is 38.2 Å². The van der Waals surface area contributed by atoms with Crippen LogP contribution in [-0.4, -0.2) is 56.6 Å². The molecular formula is C21H25ClFN7O. The third kappa shape index (κ3) is 4.79. The molecule has 2 heterocycles. The minimum absolute atomic E-state index is 0.138. The second kappa shape index (κ2) is 9.17. The lowest BCUT2D eigenvalue weighted by molar-refractivity contribution is 0.277. The van der Waals surface area contributed by atoms with E-state index >= 15 is 0 Å². The van der Waals surface area contributed by atoms with Crippen molar-refractivity contribution >= 4 is 40.2 Å². The Morgan fingerprint density at radius 2 is 2.19 bits per heavy atom. The second-order valence-corrected chi connectivity index (χ2v) is 7.95. The summed E-state index contributed by atoms with van der Waals surface area (Å²) in [6.07, 6.45) is 5.12. The Morgan fingerprint density at radius 1 is 1.39 bits per heavy atom. The third-order valence-electron chi connectivity index (χ3n) is 5.39. The van der Waals surface area contributed by atoms with Crippen molar-refractivity contribution in [1.82, 2.24) is 19.9 Å². The molecule has 1 aromatic carbocycles. The molecule has 1 fully saturated rings. The summed E-state index contributed by atoms with van der Waals surface area (Å²) in [7, 11) is 0. The van der Waals surface area contributed by atoms with Gasteiger partial charge in [-0.05, 0) is 50.1 Å². The molecule has 0 aliphatic heterocycles. The third-order valence-corrected chi connectivity index (χ3v) is 5.68. The van der Waals surface area contributed by atoms with Crippen molar-refractivity contribution in [3.63, 3.8) is 0 Å². The number of fused-ring (bicyclic) bond motifs is 1. The van der Waals surface area contributed by atoms with E-state index < -0.39 is 5.82 Å². The molecular weight excluding hydrogens is 421 g/mol. The van der Waals surface area contributed by atoms with Gasteiger partial charge in [0.2, 0.25) is 5.95 Å². The highest BCUT2D eigenvalue weighted by atomic mass is 35.5. The Balaban J connectivity index is 1.45. The van der Waals surface area contributed by atoms with E-state index in [1.54, 1.807) is 6.07 Å². The van der Waals surface area contributed by atoms with Crippen LogP contribution in [0.2, 0.25) is 5.02 Å². The molecule has 1 aliphatic carbocycles. The van der Waals surface area contributed by atoms with Crippen LogP contribution >= 0.6 is 11.6 Å². The highest BCUT2D eigenvalue weighted by Crippen LogP contribution is 2.27. The van der Waals surface area contributed by atoms with Crippen molar-refractivity contribution in [2.24, 2.45) is 0 Å². The molecule has 4 rings (SSSR count). The molecule has 0 spiro atoms. The maximum absolute atomic E-state index is 13.4. The number of aromatic amines is 1. The van der Waals surface area contributed by atoms with Gasteiger partial charge >= 0.3 is 0 Å². The fraction of sp³-hybridized carbons (Fsp3) is 0.381. The molecule has 4 N–H and O–H groups in total. The van der Waals surface area contributed by atoms with Crippen LogP contribution in [0.15, 0.2) is 30.5 Å². The van der Waals surface area contributed by atoms with E-state index in [2.05, 4.69) is 32.1 Å². The molecule has 0 amide bonds. The Bertz CT molecular complexity index is 1080. The Morgan fingerprint density at radius 3 is 2.90 bits per heavy atom. The van der Waals surface area contributed by atoms with Gasteiger partial charge in [0.15, 0.2) is 11.5 Å². The largest absolute Gasteiger partial charge is 0.356 e. The number of halogens is 2. The SMILES string of the molecule is CCN(CCCNc1nc2nccc(C(=N)N(O)c3ccc(F)c(Cl)c3)c2[nH]1)C1CC1. The first-order chi connectivity index (χ1) is 15.0. The highest BCUT2D eigenvalue weighted by Gasteiger charge is 2.27. The molecule has 8 nitrogen and oxygen atoms in total. The summed E-state index contributed by atoms with van der Waals surface area (Å²) in [6.45, 7) is 5.07. The summed E-state index contributed by atoms with van der Waals surface area (Å²) in [5.74, 6) is -0.250. The first kappa shape index (κ1) is 21.5. The number of benzene rings is 1. The van der Waals surface area contributed by atoms with E-state index in [9.17, 15) is 9.60 Å². The zero-order chi connectivity index (χ0) is 22.0. The predicted molar refractivity (Wildman–Crippen MR) is 120 cm³/mol. The van der Waals surface area contributed by atoms with E-state index in [0.29, 0.717) is 27.7 Å². The zero-order valence-electron chi connectivity index (χ0n) is 17.2. The standard InChI is InChI=1S/C21H25ClFN7O/c1-2-29(13-4-5-13)11-3-9-26-21-27-18-15(8-10-25-20(18)28-21)19(24)30(31)14-6-7-17(23)16(22)12-14/h6-8,10,12-13,24,31H,2-5,9,11H2,1H3,(H2,25,26,27,28). The molecule has 1 saturated carbocycles.